The monoisotopic (exact) mass is 249 g/mol. The third-order valence-electron chi connectivity index (χ3n) is 2.32. The Morgan fingerprint density at radius 3 is 2.50 bits per heavy atom. The summed E-state index contributed by atoms with van der Waals surface area (Å²) in [6.07, 6.45) is 2.53. The fraction of sp³-hybridized carbons (Fsp3) is 0.167. The van der Waals surface area contributed by atoms with Crippen molar-refractivity contribution in [3.63, 3.8) is 0 Å². The van der Waals surface area contributed by atoms with Crippen LogP contribution < -0.4 is 5.32 Å². The number of aliphatic carboxylic acids is 1. The molecule has 0 aliphatic rings. The van der Waals surface area contributed by atoms with Gasteiger partial charge in [-0.05, 0) is 24.3 Å². The van der Waals surface area contributed by atoms with E-state index in [-0.39, 0.29) is 12.2 Å². The summed E-state index contributed by atoms with van der Waals surface area (Å²) in [4.78, 5) is 22.5. The van der Waals surface area contributed by atoms with Gasteiger partial charge in [0.15, 0.2) is 5.76 Å². The summed E-state index contributed by atoms with van der Waals surface area (Å²) in [7, 11) is 0. The molecule has 2 aromatic rings. The van der Waals surface area contributed by atoms with Crippen molar-refractivity contribution in [2.45, 2.75) is 12.5 Å². The molecule has 0 fully saturated rings. The van der Waals surface area contributed by atoms with Crippen molar-refractivity contribution in [1.82, 2.24) is 5.32 Å². The maximum atomic E-state index is 11.8. The molecule has 0 aliphatic carbocycles. The molecule has 0 unspecified atom stereocenters. The van der Waals surface area contributed by atoms with E-state index in [1.807, 2.05) is 0 Å². The van der Waals surface area contributed by atoms with Gasteiger partial charge in [-0.2, -0.15) is 0 Å². The van der Waals surface area contributed by atoms with Crippen molar-refractivity contribution < 1.29 is 23.5 Å². The van der Waals surface area contributed by atoms with Crippen LogP contribution in [0.15, 0.2) is 45.6 Å². The van der Waals surface area contributed by atoms with Gasteiger partial charge >= 0.3 is 5.97 Å². The molecule has 18 heavy (non-hydrogen) atoms. The van der Waals surface area contributed by atoms with E-state index in [1.54, 1.807) is 18.2 Å². The topological polar surface area (TPSA) is 92.7 Å². The molecule has 2 rings (SSSR count). The fourth-order valence-electron chi connectivity index (χ4n) is 1.52. The number of nitrogens with one attached hydrogen (secondary N) is 1. The molecule has 6 nitrogen and oxygen atoms in total. The SMILES string of the molecule is O=C(O)C[C@H](NC(=O)c1ccco1)c1ccco1. The van der Waals surface area contributed by atoms with Gasteiger partial charge in [-0.3, -0.25) is 9.59 Å². The first-order valence-electron chi connectivity index (χ1n) is 5.26. The molecule has 6 heteroatoms. The lowest BCUT2D eigenvalue weighted by molar-refractivity contribution is -0.137. The molecule has 0 radical (unpaired) electrons. The van der Waals surface area contributed by atoms with Crippen LogP contribution in [0.2, 0.25) is 0 Å². The highest BCUT2D eigenvalue weighted by atomic mass is 16.4. The van der Waals surface area contributed by atoms with E-state index in [4.69, 9.17) is 13.9 Å². The average Bonchev–Trinajstić information content (AvgIpc) is 3.01. The number of carbonyl (C=O) groups is 2. The third-order valence-corrected chi connectivity index (χ3v) is 2.32. The Labute approximate surface area is 102 Å². The molecule has 0 saturated carbocycles. The maximum absolute atomic E-state index is 11.8. The number of carboxylic acids is 1. The van der Waals surface area contributed by atoms with E-state index < -0.39 is 17.9 Å². The highest BCUT2D eigenvalue weighted by Crippen LogP contribution is 2.18. The molecule has 0 aromatic carbocycles. The molecule has 0 aliphatic heterocycles. The molecule has 1 amide bonds. The molecule has 94 valence electrons. The normalized spacial score (nSPS) is 12.0. The van der Waals surface area contributed by atoms with Gasteiger partial charge < -0.3 is 19.3 Å². The van der Waals surface area contributed by atoms with E-state index in [0.29, 0.717) is 5.76 Å². The second-order valence-electron chi connectivity index (χ2n) is 3.62. The first-order chi connectivity index (χ1) is 8.66. The number of hydrogen-bond donors (Lipinski definition) is 2. The number of hydrogen-bond acceptors (Lipinski definition) is 4. The number of furan rings is 2. The Hall–Kier alpha value is -2.50. The minimum Gasteiger partial charge on any atom is -0.481 e. The molecule has 0 spiro atoms. The number of rotatable bonds is 5. The molecule has 2 heterocycles. The van der Waals surface area contributed by atoms with E-state index in [0.717, 1.165) is 0 Å². The molecule has 0 bridgehead atoms. The summed E-state index contributed by atoms with van der Waals surface area (Å²) in [5.74, 6) is -1.01. The van der Waals surface area contributed by atoms with Crippen molar-refractivity contribution in [2.24, 2.45) is 0 Å². The first-order valence-corrected chi connectivity index (χ1v) is 5.26. The van der Waals surface area contributed by atoms with Gasteiger partial charge in [-0.1, -0.05) is 0 Å². The van der Waals surface area contributed by atoms with E-state index in [9.17, 15) is 9.59 Å². The van der Waals surface area contributed by atoms with Crippen LogP contribution in [0.4, 0.5) is 0 Å². The Morgan fingerprint density at radius 1 is 1.22 bits per heavy atom. The zero-order valence-electron chi connectivity index (χ0n) is 9.33. The number of amides is 1. The minimum absolute atomic E-state index is 0.122. The molecule has 0 saturated heterocycles. The molecule has 1 atom stereocenters. The molecule has 2 aromatic heterocycles. The summed E-state index contributed by atoms with van der Waals surface area (Å²) in [6.45, 7) is 0. The van der Waals surface area contributed by atoms with E-state index in [1.165, 1.54) is 18.6 Å². The second-order valence-corrected chi connectivity index (χ2v) is 3.62. The third kappa shape index (κ3) is 2.79. The molecular weight excluding hydrogens is 238 g/mol. The van der Waals surface area contributed by atoms with Crippen molar-refractivity contribution in [2.75, 3.05) is 0 Å². The maximum Gasteiger partial charge on any atom is 0.305 e. The van der Waals surface area contributed by atoms with Crippen molar-refractivity contribution in [1.29, 1.82) is 0 Å². The van der Waals surface area contributed by atoms with Gasteiger partial charge in [0.1, 0.15) is 5.76 Å². The van der Waals surface area contributed by atoms with Crippen molar-refractivity contribution >= 4 is 11.9 Å². The summed E-state index contributed by atoms with van der Waals surface area (Å²) < 4.78 is 10.0. The number of carbonyl (C=O) groups excluding carboxylic acids is 1. The summed E-state index contributed by atoms with van der Waals surface area (Å²) in [5.41, 5.74) is 0. The Bertz CT molecular complexity index is 515. The lowest BCUT2D eigenvalue weighted by atomic mass is 10.1. The van der Waals surface area contributed by atoms with Crippen LogP contribution in [-0.4, -0.2) is 17.0 Å². The quantitative estimate of drug-likeness (QED) is 0.843. The van der Waals surface area contributed by atoms with Crippen LogP contribution in [0.25, 0.3) is 0 Å². The summed E-state index contributed by atoms with van der Waals surface area (Å²) >= 11 is 0. The van der Waals surface area contributed by atoms with Gasteiger partial charge in [0, 0.05) is 0 Å². The van der Waals surface area contributed by atoms with Gasteiger partial charge in [-0.25, -0.2) is 0 Å². The van der Waals surface area contributed by atoms with Crippen LogP contribution in [0, 0.1) is 0 Å². The van der Waals surface area contributed by atoms with Crippen LogP contribution >= 0.6 is 0 Å². The average molecular weight is 249 g/mol. The van der Waals surface area contributed by atoms with Gasteiger partial charge in [0.25, 0.3) is 5.91 Å². The highest BCUT2D eigenvalue weighted by molar-refractivity contribution is 5.91. The second kappa shape index (κ2) is 5.22. The molecular formula is C12H11NO5. The highest BCUT2D eigenvalue weighted by Gasteiger charge is 2.22. The smallest absolute Gasteiger partial charge is 0.305 e. The minimum atomic E-state index is -1.03. The van der Waals surface area contributed by atoms with Crippen molar-refractivity contribution in [3.05, 3.63) is 48.3 Å². The molecule has 2 N–H and O–H groups in total. The van der Waals surface area contributed by atoms with E-state index in [2.05, 4.69) is 5.32 Å². The summed E-state index contributed by atoms with van der Waals surface area (Å²) in [6, 6.07) is 5.58. The van der Waals surface area contributed by atoms with E-state index >= 15 is 0 Å². The largest absolute Gasteiger partial charge is 0.481 e. The predicted molar refractivity (Wildman–Crippen MR) is 59.9 cm³/mol. The van der Waals surface area contributed by atoms with Crippen LogP contribution in [0.3, 0.4) is 0 Å². The zero-order chi connectivity index (χ0) is 13.0. The lowest BCUT2D eigenvalue weighted by Gasteiger charge is -2.13. The Kier molecular flexibility index (Phi) is 3.47. The van der Waals surface area contributed by atoms with Crippen molar-refractivity contribution in [3.8, 4) is 0 Å². The first kappa shape index (κ1) is 12.0. The summed E-state index contributed by atoms with van der Waals surface area (Å²) in [5, 5.41) is 11.4. The Morgan fingerprint density at radius 2 is 1.94 bits per heavy atom. The van der Waals surface area contributed by atoms with Gasteiger partial charge in [0.2, 0.25) is 0 Å². The zero-order valence-corrected chi connectivity index (χ0v) is 9.33. The Balaban J connectivity index is 2.11. The number of carboxylic acid groups (broad SMARTS) is 1. The van der Waals surface area contributed by atoms with Crippen LogP contribution in [0.1, 0.15) is 28.8 Å². The van der Waals surface area contributed by atoms with Crippen LogP contribution in [0.5, 0.6) is 0 Å². The predicted octanol–water partition coefficient (Wildman–Crippen LogP) is 1.82. The van der Waals surface area contributed by atoms with Gasteiger partial charge in [-0.15, -0.1) is 0 Å². The fourth-order valence-corrected chi connectivity index (χ4v) is 1.52. The lowest BCUT2D eigenvalue weighted by Crippen LogP contribution is -2.29. The van der Waals surface area contributed by atoms with Crippen LogP contribution in [-0.2, 0) is 4.79 Å². The standard InChI is InChI=1S/C12H11NO5/c14-11(15)7-8(9-3-1-5-17-9)13-12(16)10-4-2-6-18-10/h1-6,8H,7H2,(H,13,16)(H,14,15)/t8-/m0/s1. The van der Waals surface area contributed by atoms with Gasteiger partial charge in [0.05, 0.1) is 25.0 Å².